The van der Waals surface area contributed by atoms with Crippen LogP contribution in [0.15, 0.2) is 60.7 Å². The summed E-state index contributed by atoms with van der Waals surface area (Å²) in [5.74, 6) is 0.790. The monoisotopic (exact) mass is 293 g/mol. The van der Waals surface area contributed by atoms with Crippen molar-refractivity contribution in [2.24, 2.45) is 0 Å². The van der Waals surface area contributed by atoms with E-state index in [2.05, 4.69) is 12.6 Å². The van der Waals surface area contributed by atoms with Crippen LogP contribution in [0.1, 0.15) is 22.8 Å². The molecule has 2 aromatic rings. The Kier molecular flexibility index (Phi) is 3.96. The Morgan fingerprint density at radius 1 is 1.18 bits per heavy atom. The summed E-state index contributed by atoms with van der Waals surface area (Å²) in [6, 6.07) is 15.4. The third-order valence-electron chi connectivity index (χ3n) is 3.72. The summed E-state index contributed by atoms with van der Waals surface area (Å²) in [5, 5.41) is 0. The molecule has 0 atom stereocenters. The van der Waals surface area contributed by atoms with Gasteiger partial charge < -0.3 is 9.64 Å². The fourth-order valence-corrected chi connectivity index (χ4v) is 2.61. The number of fused-ring (bicyclic) bond motifs is 1. The molecule has 0 saturated heterocycles. The second-order valence-electron chi connectivity index (χ2n) is 5.61. The topological polar surface area (TPSA) is 29.5 Å². The number of ether oxygens (including phenoxy) is 1. The highest BCUT2D eigenvalue weighted by Gasteiger charge is 2.24. The lowest BCUT2D eigenvalue weighted by Gasteiger charge is -2.17. The van der Waals surface area contributed by atoms with Gasteiger partial charge in [0.1, 0.15) is 12.4 Å². The van der Waals surface area contributed by atoms with Crippen LogP contribution in [-0.4, -0.2) is 19.1 Å². The fourth-order valence-electron chi connectivity index (χ4n) is 2.61. The van der Waals surface area contributed by atoms with Crippen molar-refractivity contribution in [1.29, 1.82) is 0 Å². The van der Waals surface area contributed by atoms with Crippen LogP contribution < -0.4 is 9.64 Å². The molecular weight excluding hydrogens is 274 g/mol. The first-order valence-corrected chi connectivity index (χ1v) is 7.42. The molecule has 112 valence electrons. The lowest BCUT2D eigenvalue weighted by atomic mass is 10.1. The van der Waals surface area contributed by atoms with Crippen LogP contribution in [0.5, 0.6) is 5.75 Å². The Labute approximate surface area is 130 Å². The predicted octanol–water partition coefficient (Wildman–Crippen LogP) is 3.84. The summed E-state index contributed by atoms with van der Waals surface area (Å²) < 4.78 is 5.56. The average Bonchev–Trinajstić information content (AvgIpc) is 2.97. The molecule has 2 aromatic carbocycles. The smallest absolute Gasteiger partial charge is 0.258 e. The number of hydrogen-bond acceptors (Lipinski definition) is 2. The van der Waals surface area contributed by atoms with Gasteiger partial charge in [-0.05, 0) is 54.8 Å². The maximum absolute atomic E-state index is 12.7. The van der Waals surface area contributed by atoms with Crippen LogP contribution >= 0.6 is 0 Å². The van der Waals surface area contributed by atoms with E-state index in [4.69, 9.17) is 4.74 Å². The van der Waals surface area contributed by atoms with E-state index in [1.54, 1.807) is 0 Å². The molecule has 0 aromatic heterocycles. The van der Waals surface area contributed by atoms with Crippen LogP contribution in [0.4, 0.5) is 5.69 Å². The molecule has 1 aliphatic rings. The minimum absolute atomic E-state index is 0.0383. The molecule has 3 heteroatoms. The summed E-state index contributed by atoms with van der Waals surface area (Å²) in [6.45, 7) is 6.96. The van der Waals surface area contributed by atoms with Gasteiger partial charge in [0.05, 0.1) is 0 Å². The van der Waals surface area contributed by atoms with E-state index in [0.717, 1.165) is 30.0 Å². The van der Waals surface area contributed by atoms with Crippen LogP contribution in [0.3, 0.4) is 0 Å². The lowest BCUT2D eigenvalue weighted by Crippen LogP contribution is -2.28. The Hall–Kier alpha value is -2.55. The normalized spacial score (nSPS) is 12.9. The molecule has 1 amide bonds. The SMILES string of the molecule is C=C(C)COc1ccc(C(=O)N2CCc3ccccc32)cc1. The van der Waals surface area contributed by atoms with Crippen LogP contribution in [0.2, 0.25) is 0 Å². The van der Waals surface area contributed by atoms with Gasteiger partial charge in [-0.2, -0.15) is 0 Å². The molecule has 0 N–H and O–H groups in total. The number of carbonyl (C=O) groups excluding carboxylic acids is 1. The van der Waals surface area contributed by atoms with Gasteiger partial charge in [-0.1, -0.05) is 24.8 Å². The van der Waals surface area contributed by atoms with Crippen molar-refractivity contribution in [1.82, 2.24) is 0 Å². The number of anilines is 1. The summed E-state index contributed by atoms with van der Waals surface area (Å²) in [4.78, 5) is 14.5. The van der Waals surface area contributed by atoms with Gasteiger partial charge in [0, 0.05) is 17.8 Å². The largest absolute Gasteiger partial charge is 0.489 e. The zero-order valence-corrected chi connectivity index (χ0v) is 12.7. The molecule has 0 spiro atoms. The standard InChI is InChI=1S/C19H19NO2/c1-14(2)13-22-17-9-7-16(8-10-17)19(21)20-12-11-15-5-3-4-6-18(15)20/h3-10H,1,11-13H2,2H3. The molecule has 3 rings (SSSR count). The van der Waals surface area contributed by atoms with E-state index in [9.17, 15) is 4.79 Å². The number of nitrogens with zero attached hydrogens (tertiary/aromatic N) is 1. The van der Waals surface area contributed by atoms with E-state index in [1.807, 2.05) is 54.3 Å². The first-order valence-electron chi connectivity index (χ1n) is 7.42. The van der Waals surface area contributed by atoms with Crippen molar-refractivity contribution in [2.45, 2.75) is 13.3 Å². The van der Waals surface area contributed by atoms with E-state index < -0.39 is 0 Å². The maximum Gasteiger partial charge on any atom is 0.258 e. The summed E-state index contributed by atoms with van der Waals surface area (Å²) >= 11 is 0. The second kappa shape index (κ2) is 6.06. The van der Waals surface area contributed by atoms with E-state index in [1.165, 1.54) is 5.56 Å². The fraction of sp³-hybridized carbons (Fsp3) is 0.211. The maximum atomic E-state index is 12.7. The minimum atomic E-state index is 0.0383. The Morgan fingerprint density at radius 2 is 1.91 bits per heavy atom. The predicted molar refractivity (Wildman–Crippen MR) is 88.6 cm³/mol. The highest BCUT2D eigenvalue weighted by atomic mass is 16.5. The Morgan fingerprint density at radius 3 is 2.64 bits per heavy atom. The van der Waals surface area contributed by atoms with E-state index >= 15 is 0 Å². The Bertz CT molecular complexity index is 704. The van der Waals surface area contributed by atoms with Crippen LogP contribution in [-0.2, 0) is 6.42 Å². The van der Waals surface area contributed by atoms with Crippen molar-refractivity contribution in [3.05, 3.63) is 71.8 Å². The third kappa shape index (κ3) is 2.89. The molecule has 0 unspecified atom stereocenters. The first kappa shape index (κ1) is 14.4. The summed E-state index contributed by atoms with van der Waals surface area (Å²) in [7, 11) is 0. The second-order valence-corrected chi connectivity index (χ2v) is 5.61. The molecule has 0 aliphatic carbocycles. The molecule has 0 fully saturated rings. The molecule has 3 nitrogen and oxygen atoms in total. The molecule has 0 bridgehead atoms. The van der Waals surface area contributed by atoms with E-state index in [0.29, 0.717) is 12.2 Å². The van der Waals surface area contributed by atoms with Gasteiger partial charge in [0.25, 0.3) is 5.91 Å². The van der Waals surface area contributed by atoms with Gasteiger partial charge in [0.15, 0.2) is 0 Å². The highest BCUT2D eigenvalue weighted by Crippen LogP contribution is 2.29. The molecule has 1 heterocycles. The number of benzene rings is 2. The quantitative estimate of drug-likeness (QED) is 0.801. The van der Waals surface area contributed by atoms with Crippen molar-refractivity contribution in [3.8, 4) is 5.75 Å². The van der Waals surface area contributed by atoms with Crippen molar-refractivity contribution in [3.63, 3.8) is 0 Å². The summed E-state index contributed by atoms with van der Waals surface area (Å²) in [6.07, 6.45) is 0.918. The highest BCUT2D eigenvalue weighted by molar-refractivity contribution is 6.07. The van der Waals surface area contributed by atoms with Gasteiger partial charge in [-0.3, -0.25) is 4.79 Å². The Balaban J connectivity index is 1.75. The minimum Gasteiger partial charge on any atom is -0.489 e. The molecule has 1 aliphatic heterocycles. The average molecular weight is 293 g/mol. The van der Waals surface area contributed by atoms with Gasteiger partial charge in [-0.15, -0.1) is 0 Å². The van der Waals surface area contributed by atoms with Crippen LogP contribution in [0, 0.1) is 0 Å². The van der Waals surface area contributed by atoms with Crippen molar-refractivity contribution in [2.75, 3.05) is 18.1 Å². The molecule has 0 radical (unpaired) electrons. The molecular formula is C19H19NO2. The summed E-state index contributed by atoms with van der Waals surface area (Å²) in [5.41, 5.74) is 3.90. The molecule has 22 heavy (non-hydrogen) atoms. The van der Waals surface area contributed by atoms with E-state index in [-0.39, 0.29) is 5.91 Å². The van der Waals surface area contributed by atoms with Gasteiger partial charge in [0.2, 0.25) is 0 Å². The van der Waals surface area contributed by atoms with Gasteiger partial charge >= 0.3 is 0 Å². The number of para-hydroxylation sites is 1. The zero-order chi connectivity index (χ0) is 15.5. The van der Waals surface area contributed by atoms with Gasteiger partial charge in [-0.25, -0.2) is 0 Å². The van der Waals surface area contributed by atoms with Crippen molar-refractivity contribution < 1.29 is 9.53 Å². The first-order chi connectivity index (χ1) is 10.6. The molecule has 0 saturated carbocycles. The number of carbonyl (C=O) groups is 1. The van der Waals surface area contributed by atoms with Crippen LogP contribution in [0.25, 0.3) is 0 Å². The number of rotatable bonds is 4. The lowest BCUT2D eigenvalue weighted by molar-refractivity contribution is 0.0989. The third-order valence-corrected chi connectivity index (χ3v) is 3.72. The van der Waals surface area contributed by atoms with Crippen molar-refractivity contribution >= 4 is 11.6 Å². The number of hydrogen-bond donors (Lipinski definition) is 0. The number of amides is 1. The zero-order valence-electron chi connectivity index (χ0n) is 12.7.